The minimum Gasteiger partial charge on any atom is -0.347 e. The highest BCUT2D eigenvalue weighted by Crippen LogP contribution is 2.20. The molecule has 0 radical (unpaired) electrons. The quantitative estimate of drug-likeness (QED) is 0.511. The lowest BCUT2D eigenvalue weighted by molar-refractivity contribution is 0.720. The molecular weight excluding hydrogens is 242 g/mol. The second-order valence-electron chi connectivity index (χ2n) is 3.71. The highest BCUT2D eigenvalue weighted by molar-refractivity contribution is 7.80. The summed E-state index contributed by atoms with van der Waals surface area (Å²) in [7, 11) is 0. The Morgan fingerprint density at radius 1 is 1.50 bits per heavy atom. The van der Waals surface area contributed by atoms with Crippen LogP contribution in [0.15, 0.2) is 40.7 Å². The average molecular weight is 267 g/mol. The largest absolute Gasteiger partial charge is 0.347 e. The number of hydrogen-bond acceptors (Lipinski definition) is 4. The molecule has 4 heteroatoms. The lowest BCUT2D eigenvalue weighted by Crippen LogP contribution is -2.22. The van der Waals surface area contributed by atoms with E-state index in [0.29, 0.717) is 0 Å². The van der Waals surface area contributed by atoms with Crippen molar-refractivity contribution in [3.63, 3.8) is 0 Å². The zero-order chi connectivity index (χ0) is 14.0. The van der Waals surface area contributed by atoms with Crippen molar-refractivity contribution in [3.8, 4) is 0 Å². The van der Waals surface area contributed by atoms with Crippen LogP contribution in [0.25, 0.3) is 0 Å². The maximum Gasteiger partial charge on any atom is 0.0930 e. The monoisotopic (exact) mass is 267 g/mol. The van der Waals surface area contributed by atoms with E-state index in [0.717, 1.165) is 47.8 Å². The van der Waals surface area contributed by atoms with Gasteiger partial charge in [0.15, 0.2) is 0 Å². The number of hydrogen-bond donors (Lipinski definition) is 3. The Hall–Kier alpha value is -1.00. The fourth-order valence-corrected chi connectivity index (χ4v) is 1.56. The van der Waals surface area contributed by atoms with Gasteiger partial charge in [0.05, 0.1) is 12.0 Å². The summed E-state index contributed by atoms with van der Waals surface area (Å²) < 4.78 is 0. The molecule has 0 aromatic heterocycles. The van der Waals surface area contributed by atoms with Gasteiger partial charge in [0.2, 0.25) is 0 Å². The molecule has 0 atom stereocenters. The number of nitrogens with zero attached hydrogens (tertiary/aromatic N) is 1. The van der Waals surface area contributed by atoms with E-state index >= 15 is 0 Å². The number of thiol groups is 1. The van der Waals surface area contributed by atoms with Crippen LogP contribution >= 0.6 is 12.6 Å². The lowest BCUT2D eigenvalue weighted by Gasteiger charge is -2.17. The van der Waals surface area contributed by atoms with Crippen LogP contribution in [0.3, 0.4) is 0 Å². The Morgan fingerprint density at radius 3 is 2.78 bits per heavy atom. The maximum atomic E-state index is 4.29. The van der Waals surface area contributed by atoms with Crippen LogP contribution in [-0.2, 0) is 0 Å². The first kappa shape index (κ1) is 17.0. The number of allylic oxidation sites excluding steroid dienone is 1. The zero-order valence-electron chi connectivity index (χ0n) is 11.7. The third-order valence-electron chi connectivity index (χ3n) is 2.43. The van der Waals surface area contributed by atoms with Crippen molar-refractivity contribution in [2.24, 2.45) is 4.99 Å². The lowest BCUT2D eigenvalue weighted by atomic mass is 10.1. The molecule has 0 amide bonds. The van der Waals surface area contributed by atoms with Gasteiger partial charge < -0.3 is 10.6 Å². The van der Waals surface area contributed by atoms with E-state index in [2.05, 4.69) is 41.4 Å². The molecule has 0 saturated carbocycles. The van der Waals surface area contributed by atoms with Gasteiger partial charge in [-0.05, 0) is 36.8 Å². The summed E-state index contributed by atoms with van der Waals surface area (Å²) in [6, 6.07) is 0. The fourth-order valence-electron chi connectivity index (χ4n) is 1.41. The Labute approximate surface area is 117 Å². The molecule has 18 heavy (non-hydrogen) atoms. The van der Waals surface area contributed by atoms with E-state index in [9.17, 15) is 0 Å². The van der Waals surface area contributed by atoms with Crippen molar-refractivity contribution >= 4 is 19.0 Å². The van der Waals surface area contributed by atoms with Crippen molar-refractivity contribution in [1.29, 1.82) is 0 Å². The van der Waals surface area contributed by atoms with Crippen LogP contribution in [-0.4, -0.2) is 25.2 Å². The molecule has 0 fully saturated rings. The molecule has 1 aliphatic rings. The van der Waals surface area contributed by atoms with Gasteiger partial charge in [-0.1, -0.05) is 27.0 Å². The van der Waals surface area contributed by atoms with Crippen LogP contribution < -0.4 is 10.6 Å². The summed E-state index contributed by atoms with van der Waals surface area (Å²) in [6.45, 7) is 15.7. The predicted molar refractivity (Wildman–Crippen MR) is 85.3 cm³/mol. The van der Waals surface area contributed by atoms with Gasteiger partial charge in [0.1, 0.15) is 0 Å². The van der Waals surface area contributed by atoms with Gasteiger partial charge in [0.25, 0.3) is 0 Å². The van der Waals surface area contributed by atoms with Crippen molar-refractivity contribution in [3.05, 3.63) is 35.7 Å². The first-order valence-electron chi connectivity index (χ1n) is 6.35. The summed E-state index contributed by atoms with van der Waals surface area (Å²) in [5, 5.41) is 6.29. The molecule has 0 aromatic rings. The van der Waals surface area contributed by atoms with Gasteiger partial charge in [-0.25, -0.2) is 4.99 Å². The Kier molecular flexibility index (Phi) is 9.42. The summed E-state index contributed by atoms with van der Waals surface area (Å²) >= 11 is 4.16. The van der Waals surface area contributed by atoms with Gasteiger partial charge in [-0.15, -0.1) is 0 Å². The molecule has 0 bridgehead atoms. The van der Waals surface area contributed by atoms with E-state index < -0.39 is 0 Å². The molecule has 2 N–H and O–H groups in total. The van der Waals surface area contributed by atoms with Gasteiger partial charge in [-0.3, -0.25) is 0 Å². The minimum atomic E-state index is 0.755. The third kappa shape index (κ3) is 5.56. The van der Waals surface area contributed by atoms with Crippen LogP contribution in [0, 0.1) is 0 Å². The summed E-state index contributed by atoms with van der Waals surface area (Å²) in [5.41, 5.74) is 3.88. The van der Waals surface area contributed by atoms with E-state index in [4.69, 9.17) is 0 Å². The van der Waals surface area contributed by atoms with E-state index in [-0.39, 0.29) is 0 Å². The molecule has 0 spiro atoms. The number of nitrogens with one attached hydrogen (secondary N) is 2. The number of aliphatic imine (C=N–C) groups is 1. The molecule has 1 aliphatic heterocycles. The summed E-state index contributed by atoms with van der Waals surface area (Å²) in [6.07, 6.45) is 2.72. The van der Waals surface area contributed by atoms with Crippen molar-refractivity contribution in [2.45, 2.75) is 27.2 Å². The summed E-state index contributed by atoms with van der Waals surface area (Å²) in [5.74, 6) is 0.903. The first-order chi connectivity index (χ1) is 8.66. The van der Waals surface area contributed by atoms with Crippen molar-refractivity contribution < 1.29 is 0 Å². The van der Waals surface area contributed by atoms with Crippen LogP contribution in [0.5, 0.6) is 0 Å². The highest BCUT2D eigenvalue weighted by Gasteiger charge is 2.11. The van der Waals surface area contributed by atoms with Crippen LogP contribution in [0.2, 0.25) is 0 Å². The zero-order valence-corrected chi connectivity index (χ0v) is 12.6. The SMILES string of the molecule is C=C(CNCCCS)C1=C(C)C(=C)NC=N1.CC. The minimum absolute atomic E-state index is 0.755. The second kappa shape index (κ2) is 9.97. The average Bonchev–Trinajstić information content (AvgIpc) is 2.40. The molecule has 0 unspecified atom stereocenters. The van der Waals surface area contributed by atoms with E-state index in [1.165, 1.54) is 0 Å². The molecule has 1 heterocycles. The molecule has 102 valence electrons. The molecule has 0 aliphatic carbocycles. The van der Waals surface area contributed by atoms with Crippen LogP contribution in [0.1, 0.15) is 27.2 Å². The molecule has 0 saturated heterocycles. The smallest absolute Gasteiger partial charge is 0.0930 e. The molecule has 3 nitrogen and oxygen atoms in total. The van der Waals surface area contributed by atoms with Gasteiger partial charge >= 0.3 is 0 Å². The van der Waals surface area contributed by atoms with E-state index in [1.807, 2.05) is 20.8 Å². The molecule has 1 rings (SSSR count). The van der Waals surface area contributed by atoms with E-state index in [1.54, 1.807) is 6.34 Å². The third-order valence-corrected chi connectivity index (χ3v) is 2.74. The predicted octanol–water partition coefficient (Wildman–Crippen LogP) is 2.90. The summed E-state index contributed by atoms with van der Waals surface area (Å²) in [4.78, 5) is 4.29. The number of rotatable bonds is 6. The fraction of sp³-hybridized carbons (Fsp3) is 0.500. The van der Waals surface area contributed by atoms with Gasteiger partial charge in [0, 0.05) is 12.2 Å². The Morgan fingerprint density at radius 2 is 2.17 bits per heavy atom. The highest BCUT2D eigenvalue weighted by atomic mass is 32.1. The first-order valence-corrected chi connectivity index (χ1v) is 6.99. The maximum absolute atomic E-state index is 4.29. The second-order valence-corrected chi connectivity index (χ2v) is 4.16. The van der Waals surface area contributed by atoms with Crippen LogP contribution in [0.4, 0.5) is 0 Å². The van der Waals surface area contributed by atoms with Crippen molar-refractivity contribution in [2.75, 3.05) is 18.8 Å². The topological polar surface area (TPSA) is 36.4 Å². The molecule has 0 aromatic carbocycles. The normalized spacial score (nSPS) is 13.9. The Balaban J connectivity index is 0.00000137. The Bertz CT molecular complexity index is 343. The van der Waals surface area contributed by atoms with Crippen molar-refractivity contribution in [1.82, 2.24) is 10.6 Å². The molecular formula is C14H25N3S. The standard InChI is InChI=1S/C12H19N3S.C2H6/c1-9(7-13-5-4-6-16)12-10(2)11(3)14-8-15-12;1-2/h8,13,16H,1,3-7H2,2H3,(H,14,15);1-2H3. The van der Waals surface area contributed by atoms with Gasteiger partial charge in [-0.2, -0.15) is 12.6 Å².